The largest absolute Gasteiger partial charge is 0.491 e. The maximum Gasteiger partial charge on any atom is 0.405 e. The second-order valence-electron chi connectivity index (χ2n) is 9.15. The number of nitrogens with zero attached hydrogens (tertiary/aromatic N) is 6. The van der Waals surface area contributed by atoms with Crippen LogP contribution in [-0.4, -0.2) is 79.3 Å². The molecule has 2 aromatic heterocycles. The lowest BCUT2D eigenvalue weighted by Gasteiger charge is -2.33. The molecule has 194 valence electrons. The summed E-state index contributed by atoms with van der Waals surface area (Å²) in [7, 11) is 0. The van der Waals surface area contributed by atoms with Crippen LogP contribution in [-0.2, 0) is 22.6 Å². The smallest absolute Gasteiger partial charge is 0.405 e. The Balaban J connectivity index is 1.31. The first-order valence-electron chi connectivity index (χ1n) is 12.1. The van der Waals surface area contributed by atoms with E-state index in [9.17, 15) is 14.4 Å². The number of hydrogen-bond acceptors (Lipinski definition) is 8. The molecule has 13 heteroatoms. The number of rotatable bonds is 8. The number of primary amides is 1. The highest BCUT2D eigenvalue weighted by Gasteiger charge is 2.32. The number of nitrogens with two attached hydrogens (primary N) is 1. The number of aromatic nitrogens is 4. The average molecular weight is 509 g/mol. The minimum atomic E-state index is -1.39. The molecule has 0 saturated carbocycles. The Morgan fingerprint density at radius 2 is 2.08 bits per heavy atom. The quantitative estimate of drug-likeness (QED) is 0.394. The molecule has 3 amide bonds. The zero-order valence-electron chi connectivity index (χ0n) is 20.1. The van der Waals surface area contributed by atoms with Crippen LogP contribution in [0.25, 0.3) is 5.78 Å². The van der Waals surface area contributed by atoms with Crippen LogP contribution in [0.3, 0.4) is 0 Å². The Bertz CT molecular complexity index is 1310. The van der Waals surface area contributed by atoms with E-state index >= 15 is 0 Å². The predicted octanol–water partition coefficient (Wildman–Crippen LogP) is 0.568. The van der Waals surface area contributed by atoms with Gasteiger partial charge in [0.15, 0.2) is 0 Å². The van der Waals surface area contributed by atoms with Crippen molar-refractivity contribution in [2.45, 2.75) is 44.3 Å². The molecule has 4 heterocycles. The van der Waals surface area contributed by atoms with E-state index in [1.807, 2.05) is 24.3 Å². The summed E-state index contributed by atoms with van der Waals surface area (Å²) in [6, 6.07) is 6.62. The van der Waals surface area contributed by atoms with E-state index in [2.05, 4.69) is 25.3 Å². The van der Waals surface area contributed by atoms with Gasteiger partial charge in [-0.15, -0.1) is 0 Å². The van der Waals surface area contributed by atoms with Crippen molar-refractivity contribution in [3.63, 3.8) is 0 Å². The number of carbonyl (C=O) groups excluding carboxylic acids is 2. The zero-order chi connectivity index (χ0) is 25.9. The van der Waals surface area contributed by atoms with Crippen molar-refractivity contribution < 1.29 is 24.2 Å². The van der Waals surface area contributed by atoms with Crippen LogP contribution in [0, 0.1) is 0 Å². The molecule has 2 aliphatic rings. The van der Waals surface area contributed by atoms with E-state index < -0.39 is 30.4 Å². The molecule has 0 spiro atoms. The second kappa shape index (κ2) is 10.3. The van der Waals surface area contributed by atoms with Crippen LogP contribution in [0.15, 0.2) is 36.8 Å². The Hall–Kier alpha value is -4.42. The third kappa shape index (κ3) is 5.10. The van der Waals surface area contributed by atoms with E-state index in [1.165, 1.54) is 6.33 Å². The molecule has 1 fully saturated rings. The first-order chi connectivity index (χ1) is 17.9. The lowest BCUT2D eigenvalue weighted by Crippen LogP contribution is -2.51. The summed E-state index contributed by atoms with van der Waals surface area (Å²) in [5.41, 5.74) is 7.18. The minimum absolute atomic E-state index is 0.117. The van der Waals surface area contributed by atoms with E-state index in [-0.39, 0.29) is 12.6 Å². The topological polar surface area (TPSA) is 168 Å². The summed E-state index contributed by atoms with van der Waals surface area (Å²) in [6.45, 7) is 1.95. The predicted molar refractivity (Wildman–Crippen MR) is 131 cm³/mol. The highest BCUT2D eigenvalue weighted by molar-refractivity contribution is 5.90. The highest BCUT2D eigenvalue weighted by atomic mass is 16.5. The summed E-state index contributed by atoms with van der Waals surface area (Å²) < 4.78 is 8.05. The first kappa shape index (κ1) is 24.3. The molecule has 1 aromatic carbocycles. The molecule has 0 aliphatic carbocycles. The van der Waals surface area contributed by atoms with Crippen LogP contribution in [0.4, 0.5) is 10.6 Å². The lowest BCUT2D eigenvalue weighted by molar-refractivity contribution is -0.136. The minimum Gasteiger partial charge on any atom is -0.491 e. The molecular formula is C24H28N8O5. The Morgan fingerprint density at radius 1 is 1.22 bits per heavy atom. The molecule has 1 saturated heterocycles. The van der Waals surface area contributed by atoms with Crippen LogP contribution in [0.1, 0.15) is 30.4 Å². The number of ether oxygens (including phenoxy) is 1. The Kier molecular flexibility index (Phi) is 6.75. The fraction of sp³-hybridized carbons (Fsp3) is 0.417. The summed E-state index contributed by atoms with van der Waals surface area (Å²) in [4.78, 5) is 47.8. The summed E-state index contributed by atoms with van der Waals surface area (Å²) in [5, 5.41) is 15.5. The molecule has 3 aromatic rings. The molecule has 13 nitrogen and oxygen atoms in total. The summed E-state index contributed by atoms with van der Waals surface area (Å²) >= 11 is 0. The van der Waals surface area contributed by atoms with Gasteiger partial charge >= 0.3 is 6.09 Å². The first-order valence-corrected chi connectivity index (χ1v) is 12.1. The van der Waals surface area contributed by atoms with Gasteiger partial charge in [-0.1, -0.05) is 12.1 Å². The molecule has 2 atom stereocenters. The number of carboxylic acid groups (broad SMARTS) is 1. The zero-order valence-corrected chi connectivity index (χ0v) is 20.1. The van der Waals surface area contributed by atoms with Crippen LogP contribution < -0.4 is 20.7 Å². The van der Waals surface area contributed by atoms with Gasteiger partial charge in [0.1, 0.15) is 30.5 Å². The van der Waals surface area contributed by atoms with Crippen LogP contribution in [0.5, 0.6) is 5.75 Å². The number of nitrogens with one attached hydrogen (secondary N) is 1. The second-order valence-corrected chi connectivity index (χ2v) is 9.15. The summed E-state index contributed by atoms with van der Waals surface area (Å²) in [6.07, 6.45) is 3.97. The van der Waals surface area contributed by atoms with Gasteiger partial charge in [0.25, 0.3) is 5.78 Å². The van der Waals surface area contributed by atoms with E-state index in [0.717, 1.165) is 36.3 Å². The highest BCUT2D eigenvalue weighted by Crippen LogP contribution is 2.31. The molecule has 0 bridgehead atoms. The number of carbonyl (C=O) groups is 3. The number of benzene rings is 1. The van der Waals surface area contributed by atoms with Gasteiger partial charge < -0.3 is 30.7 Å². The molecule has 1 unspecified atom stereocenters. The van der Waals surface area contributed by atoms with Gasteiger partial charge in [-0.2, -0.15) is 14.6 Å². The normalized spacial score (nSPS) is 17.9. The molecule has 5 rings (SSSR count). The molecule has 37 heavy (non-hydrogen) atoms. The fourth-order valence-electron chi connectivity index (χ4n) is 5.08. The van der Waals surface area contributed by atoms with Crippen molar-refractivity contribution >= 4 is 29.5 Å². The van der Waals surface area contributed by atoms with Gasteiger partial charge in [-0.25, -0.2) is 9.78 Å². The maximum atomic E-state index is 13.1. The third-order valence-electron chi connectivity index (χ3n) is 6.81. The average Bonchev–Trinajstić information content (AvgIpc) is 3.55. The van der Waals surface area contributed by atoms with Crippen molar-refractivity contribution in [2.75, 3.05) is 24.6 Å². The van der Waals surface area contributed by atoms with Crippen molar-refractivity contribution in [2.24, 2.45) is 5.73 Å². The standard InChI is InChI=1S/C24H28N8O5/c25-20(33)11-18(29-24(35)36)22(34)30-10-7-15-3-1-5-19(17(15)12-30)37-13-16-4-2-9-31(16)21-6-8-26-23-27-14-28-32(21)23/h1,3,5-6,8,14,16,18,29H,2,4,7,9-13H2,(H2,25,33)(H,35,36)/t16?,18-/m1/s1. The van der Waals surface area contributed by atoms with Crippen molar-refractivity contribution in [1.82, 2.24) is 29.8 Å². The summed E-state index contributed by atoms with van der Waals surface area (Å²) in [5.74, 6) is 0.884. The van der Waals surface area contributed by atoms with Gasteiger partial charge in [-0.3, -0.25) is 9.59 Å². The van der Waals surface area contributed by atoms with Crippen molar-refractivity contribution in [3.8, 4) is 5.75 Å². The molecule has 4 N–H and O–H groups in total. The van der Waals surface area contributed by atoms with Gasteiger partial charge in [-0.05, 0) is 37.0 Å². The number of anilines is 1. The van der Waals surface area contributed by atoms with E-state index in [0.29, 0.717) is 31.1 Å². The van der Waals surface area contributed by atoms with Crippen molar-refractivity contribution in [3.05, 3.63) is 47.9 Å². The van der Waals surface area contributed by atoms with Gasteiger partial charge in [0.2, 0.25) is 11.8 Å². The van der Waals surface area contributed by atoms with E-state index in [1.54, 1.807) is 15.6 Å². The van der Waals surface area contributed by atoms with E-state index in [4.69, 9.17) is 15.6 Å². The third-order valence-corrected chi connectivity index (χ3v) is 6.81. The van der Waals surface area contributed by atoms with Gasteiger partial charge in [0, 0.05) is 31.4 Å². The number of hydrogen-bond donors (Lipinski definition) is 3. The number of fused-ring (bicyclic) bond motifs is 2. The molecule has 2 aliphatic heterocycles. The fourth-order valence-corrected chi connectivity index (χ4v) is 5.08. The maximum absolute atomic E-state index is 13.1. The van der Waals surface area contributed by atoms with Crippen LogP contribution >= 0.6 is 0 Å². The SMILES string of the molecule is NC(=O)C[C@@H](NC(=O)O)C(=O)N1CCc2cccc(OCC3CCCN3c3ccnc4ncnn34)c2C1. The lowest BCUT2D eigenvalue weighted by atomic mass is 9.98. The monoisotopic (exact) mass is 508 g/mol. The van der Waals surface area contributed by atoms with Crippen LogP contribution in [0.2, 0.25) is 0 Å². The Morgan fingerprint density at radius 3 is 2.89 bits per heavy atom. The molecular weight excluding hydrogens is 480 g/mol. The number of amides is 3. The van der Waals surface area contributed by atoms with Gasteiger partial charge in [0.05, 0.1) is 12.5 Å². The molecule has 0 radical (unpaired) electrons. The van der Waals surface area contributed by atoms with Crippen molar-refractivity contribution in [1.29, 1.82) is 0 Å². The Labute approximate surface area is 212 Å².